The lowest BCUT2D eigenvalue weighted by Crippen LogP contribution is -2.51. The van der Waals surface area contributed by atoms with E-state index >= 15 is 0 Å². The van der Waals surface area contributed by atoms with Crippen molar-refractivity contribution in [2.45, 2.75) is 39.7 Å². The molecular weight excluding hydrogens is 364 g/mol. The first-order valence-electron chi connectivity index (χ1n) is 9.88. The second-order valence-corrected chi connectivity index (χ2v) is 8.48. The van der Waals surface area contributed by atoms with Gasteiger partial charge in [-0.05, 0) is 26.2 Å². The minimum absolute atomic E-state index is 0.0202. The molecule has 0 spiro atoms. The molecule has 2 atom stereocenters. The third-order valence-electron chi connectivity index (χ3n) is 5.22. The summed E-state index contributed by atoms with van der Waals surface area (Å²) < 4.78 is 5.32. The average Bonchev–Trinajstić information content (AvgIpc) is 3.05. The van der Waals surface area contributed by atoms with E-state index in [0.29, 0.717) is 52.4 Å². The average molecular weight is 395 g/mol. The Labute approximate surface area is 164 Å². The first-order chi connectivity index (χ1) is 13.1. The van der Waals surface area contributed by atoms with Gasteiger partial charge < -0.3 is 20.3 Å². The summed E-state index contributed by atoms with van der Waals surface area (Å²) in [6.07, 6.45) is 2.67. The van der Waals surface area contributed by atoms with Gasteiger partial charge in [-0.3, -0.25) is 9.59 Å². The van der Waals surface area contributed by atoms with E-state index in [9.17, 15) is 9.59 Å². The van der Waals surface area contributed by atoms with Gasteiger partial charge in [0.2, 0.25) is 11.8 Å². The summed E-state index contributed by atoms with van der Waals surface area (Å²) in [5.41, 5.74) is 1.01. The van der Waals surface area contributed by atoms with Crippen molar-refractivity contribution in [1.82, 2.24) is 20.5 Å². The number of ether oxygens (including phenoxy) is 1. The number of hydrogen-bond donors (Lipinski definition) is 2. The fourth-order valence-corrected chi connectivity index (χ4v) is 4.77. The van der Waals surface area contributed by atoms with Crippen LogP contribution in [0.15, 0.2) is 0 Å². The van der Waals surface area contributed by atoms with Gasteiger partial charge in [-0.1, -0.05) is 6.92 Å². The minimum atomic E-state index is -0.169. The fraction of sp³-hybridized carbons (Fsp3) is 0.737. The number of amides is 2. The molecule has 2 saturated heterocycles. The van der Waals surface area contributed by atoms with E-state index in [4.69, 9.17) is 4.74 Å². The largest absolute Gasteiger partial charge is 0.378 e. The molecule has 1 aromatic heterocycles. The quantitative estimate of drug-likeness (QED) is 0.755. The van der Waals surface area contributed by atoms with E-state index in [1.165, 1.54) is 0 Å². The van der Waals surface area contributed by atoms with E-state index < -0.39 is 0 Å². The summed E-state index contributed by atoms with van der Waals surface area (Å²) >= 11 is 1.68. The Balaban J connectivity index is 1.51. The van der Waals surface area contributed by atoms with E-state index in [2.05, 4.69) is 22.5 Å². The zero-order chi connectivity index (χ0) is 19.2. The number of hydrogen-bond acceptors (Lipinski definition) is 6. The molecule has 2 N–H and O–H groups in total. The predicted molar refractivity (Wildman–Crippen MR) is 105 cm³/mol. The summed E-state index contributed by atoms with van der Waals surface area (Å²) in [5, 5.41) is 7.45. The van der Waals surface area contributed by atoms with Gasteiger partial charge in [0.25, 0.3) is 0 Å². The number of thiazole rings is 1. The van der Waals surface area contributed by atoms with Crippen molar-refractivity contribution in [2.24, 2.45) is 11.8 Å². The van der Waals surface area contributed by atoms with Gasteiger partial charge in [-0.2, -0.15) is 0 Å². The lowest BCUT2D eigenvalue weighted by molar-refractivity contribution is -0.141. The molecule has 3 rings (SSSR count). The Hall–Kier alpha value is -1.51. The van der Waals surface area contributed by atoms with E-state index in [1.54, 1.807) is 11.3 Å². The van der Waals surface area contributed by atoms with Gasteiger partial charge in [0.1, 0.15) is 0 Å². The number of aryl methyl sites for hydroxylation is 2. The maximum Gasteiger partial charge on any atom is 0.227 e. The van der Waals surface area contributed by atoms with Gasteiger partial charge in [-0.25, -0.2) is 4.98 Å². The van der Waals surface area contributed by atoms with Crippen molar-refractivity contribution in [2.75, 3.05) is 39.4 Å². The molecule has 2 amide bonds. The summed E-state index contributed by atoms with van der Waals surface area (Å²) in [5.74, 6) is -0.136. The Morgan fingerprint density at radius 2 is 2.04 bits per heavy atom. The van der Waals surface area contributed by atoms with Gasteiger partial charge in [0.15, 0.2) is 0 Å². The van der Waals surface area contributed by atoms with Crippen molar-refractivity contribution in [3.63, 3.8) is 0 Å². The second-order valence-electron chi connectivity index (χ2n) is 7.31. The first kappa shape index (κ1) is 20.2. The normalized spacial score (nSPS) is 23.3. The van der Waals surface area contributed by atoms with E-state index in [0.717, 1.165) is 28.4 Å². The monoisotopic (exact) mass is 394 g/mol. The van der Waals surface area contributed by atoms with Crippen molar-refractivity contribution in [3.05, 3.63) is 15.6 Å². The summed E-state index contributed by atoms with van der Waals surface area (Å²) in [4.78, 5) is 32.9. The topological polar surface area (TPSA) is 83.6 Å². The van der Waals surface area contributed by atoms with Crippen molar-refractivity contribution in [3.8, 4) is 0 Å². The molecule has 0 unspecified atom stereocenters. The molecule has 0 aliphatic carbocycles. The Morgan fingerprint density at radius 1 is 1.30 bits per heavy atom. The van der Waals surface area contributed by atoms with Gasteiger partial charge in [0.05, 0.1) is 42.3 Å². The molecule has 0 radical (unpaired) electrons. The number of piperidine rings is 1. The van der Waals surface area contributed by atoms with Crippen LogP contribution in [0.5, 0.6) is 0 Å². The molecule has 8 heteroatoms. The minimum Gasteiger partial charge on any atom is -0.378 e. The molecule has 150 valence electrons. The van der Waals surface area contributed by atoms with E-state index in [1.807, 2.05) is 11.8 Å². The molecule has 2 aliphatic rings. The van der Waals surface area contributed by atoms with Crippen LogP contribution in [0.1, 0.15) is 35.3 Å². The second kappa shape index (κ2) is 9.61. The van der Waals surface area contributed by atoms with Crippen molar-refractivity contribution in [1.29, 1.82) is 0 Å². The summed E-state index contributed by atoms with van der Waals surface area (Å²) in [6, 6.07) is 0. The third-order valence-corrected chi connectivity index (χ3v) is 6.43. The molecule has 0 aromatic carbocycles. The van der Waals surface area contributed by atoms with Crippen LogP contribution in [0.25, 0.3) is 0 Å². The highest BCUT2D eigenvalue weighted by Crippen LogP contribution is 2.22. The molecule has 3 heterocycles. The third kappa shape index (κ3) is 5.27. The Morgan fingerprint density at radius 3 is 2.78 bits per heavy atom. The highest BCUT2D eigenvalue weighted by atomic mass is 32.1. The molecule has 2 aliphatic heterocycles. The zero-order valence-corrected chi connectivity index (χ0v) is 17.1. The standard InChI is InChI=1S/C19H30N4O3S/c1-3-4-17-22-13(2)16(27-17)12-21-18(24)14-9-15(11-20-10-14)19(25)23-5-7-26-8-6-23/h14-15,20H,3-12H2,1-2H3,(H,21,24)/t14-,15+/m0/s1. The number of nitrogens with one attached hydrogen (secondary N) is 2. The van der Waals surface area contributed by atoms with Gasteiger partial charge in [0, 0.05) is 31.1 Å². The maximum absolute atomic E-state index is 12.7. The van der Waals surface area contributed by atoms with Crippen LogP contribution >= 0.6 is 11.3 Å². The number of rotatable bonds is 6. The zero-order valence-electron chi connectivity index (χ0n) is 16.3. The lowest BCUT2D eigenvalue weighted by atomic mass is 9.88. The van der Waals surface area contributed by atoms with Crippen LogP contribution in [0, 0.1) is 18.8 Å². The van der Waals surface area contributed by atoms with Crippen LogP contribution in [-0.4, -0.2) is 61.1 Å². The van der Waals surface area contributed by atoms with E-state index in [-0.39, 0.29) is 23.7 Å². The number of morpholine rings is 1. The molecular formula is C19H30N4O3S. The maximum atomic E-state index is 12.7. The van der Waals surface area contributed by atoms with Gasteiger partial charge in [-0.15, -0.1) is 11.3 Å². The smallest absolute Gasteiger partial charge is 0.227 e. The van der Waals surface area contributed by atoms with Gasteiger partial charge >= 0.3 is 0 Å². The molecule has 0 saturated carbocycles. The van der Waals surface area contributed by atoms with Crippen LogP contribution in [0.4, 0.5) is 0 Å². The number of carbonyl (C=O) groups excluding carboxylic acids is 2. The van der Waals surface area contributed by atoms with Crippen LogP contribution in [0.2, 0.25) is 0 Å². The Kier molecular flexibility index (Phi) is 7.20. The number of nitrogens with zero attached hydrogens (tertiary/aromatic N) is 2. The summed E-state index contributed by atoms with van der Waals surface area (Å²) in [6.45, 7) is 8.43. The first-order valence-corrected chi connectivity index (χ1v) is 10.7. The number of carbonyl (C=O) groups is 2. The van der Waals surface area contributed by atoms with Crippen LogP contribution in [0.3, 0.4) is 0 Å². The van der Waals surface area contributed by atoms with Crippen molar-refractivity contribution >= 4 is 23.2 Å². The predicted octanol–water partition coefficient (Wildman–Crippen LogP) is 1.10. The molecule has 7 nitrogen and oxygen atoms in total. The molecule has 2 fully saturated rings. The van der Waals surface area contributed by atoms with Crippen LogP contribution < -0.4 is 10.6 Å². The molecule has 27 heavy (non-hydrogen) atoms. The lowest BCUT2D eigenvalue weighted by Gasteiger charge is -2.34. The highest BCUT2D eigenvalue weighted by Gasteiger charge is 2.33. The fourth-order valence-electron chi connectivity index (χ4n) is 3.66. The molecule has 1 aromatic rings. The summed E-state index contributed by atoms with van der Waals surface area (Å²) in [7, 11) is 0. The molecule has 0 bridgehead atoms. The Bertz CT molecular complexity index is 657. The van der Waals surface area contributed by atoms with Crippen LogP contribution in [-0.2, 0) is 27.3 Å². The highest BCUT2D eigenvalue weighted by molar-refractivity contribution is 7.11. The van der Waals surface area contributed by atoms with Crippen molar-refractivity contribution < 1.29 is 14.3 Å². The SMILES string of the molecule is CCCc1nc(C)c(CNC(=O)[C@@H]2CNC[C@H](C(=O)N3CCOCC3)C2)s1. The number of aromatic nitrogens is 1.